The molecule has 0 saturated carbocycles. The quantitative estimate of drug-likeness (QED) is 0.653. The number of hydrogen-bond donors (Lipinski definition) is 1. The highest BCUT2D eigenvalue weighted by Crippen LogP contribution is 2.10. The van der Waals surface area contributed by atoms with Gasteiger partial charge in [-0.1, -0.05) is 37.8 Å². The Bertz CT molecular complexity index is 509. The minimum atomic E-state index is -1.37. The lowest BCUT2D eigenvalue weighted by atomic mass is 10.3. The number of para-hydroxylation sites is 1. The van der Waals surface area contributed by atoms with Crippen molar-refractivity contribution in [3.63, 3.8) is 0 Å². The van der Waals surface area contributed by atoms with Crippen LogP contribution >= 0.6 is 0 Å². The van der Waals surface area contributed by atoms with Gasteiger partial charge in [0.15, 0.2) is 0 Å². The molecule has 0 unspecified atom stereocenters. The van der Waals surface area contributed by atoms with Crippen LogP contribution in [0.1, 0.15) is 5.56 Å². The van der Waals surface area contributed by atoms with E-state index in [1.54, 1.807) is 0 Å². The molecule has 2 aromatic rings. The summed E-state index contributed by atoms with van der Waals surface area (Å²) >= 11 is 0. The molecule has 0 aliphatic heterocycles. The molecule has 1 heterocycles. The lowest BCUT2D eigenvalue weighted by molar-refractivity contribution is 1.11. The standard InChI is InChI=1S/C13H17N3Si/c1-17(2,3)13-11(10-15-16-13)9-14-12-7-5-4-6-8-12/h4-10H,1-3H3,(H,15,16). The molecular weight excluding hydrogens is 226 g/mol. The van der Waals surface area contributed by atoms with E-state index in [0.717, 1.165) is 11.3 Å². The predicted octanol–water partition coefficient (Wildman–Crippen LogP) is 2.71. The van der Waals surface area contributed by atoms with E-state index >= 15 is 0 Å². The molecule has 0 radical (unpaired) electrons. The van der Waals surface area contributed by atoms with Gasteiger partial charge >= 0.3 is 0 Å². The Morgan fingerprint density at radius 2 is 1.88 bits per heavy atom. The molecule has 0 spiro atoms. The molecule has 17 heavy (non-hydrogen) atoms. The second-order valence-corrected chi connectivity index (χ2v) is 10.0. The minimum absolute atomic E-state index is 0.968. The lowest BCUT2D eigenvalue weighted by Crippen LogP contribution is -2.41. The van der Waals surface area contributed by atoms with Crippen LogP contribution in [0, 0.1) is 0 Å². The molecule has 4 heteroatoms. The Kier molecular flexibility index (Phi) is 3.24. The van der Waals surface area contributed by atoms with Crippen molar-refractivity contribution in [2.24, 2.45) is 4.99 Å². The molecule has 1 aromatic carbocycles. The van der Waals surface area contributed by atoms with E-state index in [2.05, 4.69) is 34.8 Å². The number of aliphatic imine (C=N–C) groups is 1. The summed E-state index contributed by atoms with van der Waals surface area (Å²) in [5, 5.41) is 8.47. The fourth-order valence-corrected chi connectivity index (χ4v) is 3.05. The molecule has 2 rings (SSSR count). The summed E-state index contributed by atoms with van der Waals surface area (Å²) in [6.07, 6.45) is 3.74. The van der Waals surface area contributed by atoms with Gasteiger partial charge in [0.2, 0.25) is 0 Å². The minimum Gasteiger partial charge on any atom is -0.286 e. The molecule has 1 aromatic heterocycles. The van der Waals surface area contributed by atoms with Gasteiger partial charge in [0.25, 0.3) is 0 Å². The van der Waals surface area contributed by atoms with Gasteiger partial charge in [-0.2, -0.15) is 5.10 Å². The number of aromatic amines is 1. The van der Waals surface area contributed by atoms with E-state index in [9.17, 15) is 0 Å². The van der Waals surface area contributed by atoms with Crippen LogP contribution in [0.25, 0.3) is 0 Å². The zero-order chi connectivity index (χ0) is 12.3. The number of rotatable bonds is 3. The lowest BCUT2D eigenvalue weighted by Gasteiger charge is -2.14. The highest BCUT2D eigenvalue weighted by atomic mass is 28.3. The van der Waals surface area contributed by atoms with Gasteiger partial charge in [0.05, 0.1) is 11.9 Å². The smallest absolute Gasteiger partial charge is 0.101 e. The normalized spacial score (nSPS) is 12.2. The maximum absolute atomic E-state index is 4.46. The average Bonchev–Trinajstić information content (AvgIpc) is 2.75. The van der Waals surface area contributed by atoms with E-state index < -0.39 is 8.07 Å². The highest BCUT2D eigenvalue weighted by molar-refractivity contribution is 6.88. The number of nitrogens with zero attached hydrogens (tertiary/aromatic N) is 2. The van der Waals surface area contributed by atoms with Crippen LogP contribution in [0.2, 0.25) is 19.6 Å². The zero-order valence-electron chi connectivity index (χ0n) is 10.4. The molecule has 0 atom stereocenters. The summed E-state index contributed by atoms with van der Waals surface area (Å²) in [5.41, 5.74) is 2.07. The molecule has 0 amide bonds. The molecule has 0 saturated heterocycles. The Balaban J connectivity index is 2.26. The van der Waals surface area contributed by atoms with Crippen LogP contribution in [0.15, 0.2) is 41.5 Å². The molecule has 0 aliphatic rings. The molecular formula is C13H17N3Si. The topological polar surface area (TPSA) is 41.0 Å². The maximum atomic E-state index is 4.46. The number of aromatic nitrogens is 2. The Labute approximate surface area is 103 Å². The Morgan fingerprint density at radius 1 is 1.18 bits per heavy atom. The van der Waals surface area contributed by atoms with Crippen molar-refractivity contribution < 1.29 is 0 Å². The van der Waals surface area contributed by atoms with Crippen LogP contribution in [0.4, 0.5) is 5.69 Å². The van der Waals surface area contributed by atoms with Crippen LogP contribution in [-0.4, -0.2) is 24.5 Å². The summed E-state index contributed by atoms with van der Waals surface area (Å²) in [6.45, 7) is 6.88. The second-order valence-electron chi connectivity index (χ2n) is 5.04. The van der Waals surface area contributed by atoms with Gasteiger partial charge in [-0.15, -0.1) is 0 Å². The second kappa shape index (κ2) is 4.67. The fourth-order valence-electron chi connectivity index (χ4n) is 1.65. The van der Waals surface area contributed by atoms with Gasteiger partial charge in [0.1, 0.15) is 8.07 Å². The van der Waals surface area contributed by atoms with Crippen molar-refractivity contribution in [2.45, 2.75) is 19.6 Å². The van der Waals surface area contributed by atoms with Gasteiger partial charge in [-0.3, -0.25) is 10.1 Å². The van der Waals surface area contributed by atoms with Gasteiger partial charge in [0, 0.05) is 17.1 Å². The van der Waals surface area contributed by atoms with Crippen LogP contribution in [0.5, 0.6) is 0 Å². The van der Waals surface area contributed by atoms with Crippen molar-refractivity contribution in [2.75, 3.05) is 0 Å². The van der Waals surface area contributed by atoms with E-state index in [-0.39, 0.29) is 0 Å². The van der Waals surface area contributed by atoms with E-state index in [0.29, 0.717) is 0 Å². The largest absolute Gasteiger partial charge is 0.286 e. The monoisotopic (exact) mass is 243 g/mol. The van der Waals surface area contributed by atoms with Gasteiger partial charge in [-0.05, 0) is 12.1 Å². The van der Waals surface area contributed by atoms with Crippen molar-refractivity contribution in [1.29, 1.82) is 0 Å². The predicted molar refractivity (Wildman–Crippen MR) is 75.3 cm³/mol. The number of H-pyrrole nitrogens is 1. The summed E-state index contributed by atoms with van der Waals surface area (Å²) in [4.78, 5) is 4.46. The molecule has 0 bridgehead atoms. The first-order valence-electron chi connectivity index (χ1n) is 5.70. The third-order valence-electron chi connectivity index (χ3n) is 2.53. The first-order valence-corrected chi connectivity index (χ1v) is 9.20. The summed E-state index contributed by atoms with van der Waals surface area (Å²) in [6, 6.07) is 9.95. The number of benzene rings is 1. The maximum Gasteiger partial charge on any atom is 0.101 e. The zero-order valence-corrected chi connectivity index (χ0v) is 11.4. The van der Waals surface area contributed by atoms with Crippen molar-refractivity contribution in [3.05, 3.63) is 42.1 Å². The summed E-state index contributed by atoms with van der Waals surface area (Å²) in [7, 11) is -1.37. The molecule has 1 N–H and O–H groups in total. The van der Waals surface area contributed by atoms with Crippen LogP contribution in [-0.2, 0) is 0 Å². The number of hydrogen-bond acceptors (Lipinski definition) is 2. The van der Waals surface area contributed by atoms with Crippen LogP contribution < -0.4 is 5.32 Å². The van der Waals surface area contributed by atoms with E-state index in [1.807, 2.05) is 42.7 Å². The molecule has 3 nitrogen and oxygen atoms in total. The van der Waals surface area contributed by atoms with Gasteiger partial charge < -0.3 is 0 Å². The van der Waals surface area contributed by atoms with E-state index in [4.69, 9.17) is 0 Å². The third kappa shape index (κ3) is 2.91. The molecule has 0 fully saturated rings. The van der Waals surface area contributed by atoms with Crippen molar-refractivity contribution in [1.82, 2.24) is 10.2 Å². The SMILES string of the molecule is C[Si](C)(C)c1[nH]ncc1C=Nc1ccccc1. The van der Waals surface area contributed by atoms with Crippen molar-refractivity contribution in [3.8, 4) is 0 Å². The third-order valence-corrected chi connectivity index (χ3v) is 4.43. The molecule has 88 valence electrons. The molecule has 0 aliphatic carbocycles. The number of nitrogens with one attached hydrogen (secondary N) is 1. The summed E-state index contributed by atoms with van der Waals surface area (Å²) < 4.78 is 0. The Hall–Kier alpha value is -1.68. The van der Waals surface area contributed by atoms with Crippen LogP contribution in [0.3, 0.4) is 0 Å². The highest BCUT2D eigenvalue weighted by Gasteiger charge is 2.21. The van der Waals surface area contributed by atoms with E-state index in [1.165, 1.54) is 5.32 Å². The fraction of sp³-hybridized carbons (Fsp3) is 0.231. The average molecular weight is 243 g/mol. The van der Waals surface area contributed by atoms with Gasteiger partial charge in [-0.25, -0.2) is 0 Å². The summed E-state index contributed by atoms with van der Waals surface area (Å²) in [5.74, 6) is 0. The first-order chi connectivity index (χ1) is 8.07. The first kappa shape index (κ1) is 11.8. The Morgan fingerprint density at radius 3 is 2.53 bits per heavy atom. The van der Waals surface area contributed by atoms with Crippen molar-refractivity contribution >= 4 is 25.3 Å².